The number of aryl methyl sites for hydroxylation is 1. The monoisotopic (exact) mass is 357 g/mol. The van der Waals surface area contributed by atoms with Gasteiger partial charge in [0.25, 0.3) is 5.91 Å². The summed E-state index contributed by atoms with van der Waals surface area (Å²) in [5.74, 6) is 0.241. The van der Waals surface area contributed by atoms with E-state index in [1.54, 1.807) is 17.8 Å². The quantitative estimate of drug-likeness (QED) is 0.872. The van der Waals surface area contributed by atoms with Gasteiger partial charge >= 0.3 is 5.97 Å². The highest BCUT2D eigenvalue weighted by molar-refractivity contribution is 9.10. The number of carboxylic acid groups (broad SMARTS) is 1. The summed E-state index contributed by atoms with van der Waals surface area (Å²) < 4.78 is 0.803. The van der Waals surface area contributed by atoms with Crippen molar-refractivity contribution < 1.29 is 14.7 Å². The van der Waals surface area contributed by atoms with E-state index in [2.05, 4.69) is 21.2 Å². The van der Waals surface area contributed by atoms with Gasteiger partial charge in [-0.3, -0.25) is 4.79 Å². The van der Waals surface area contributed by atoms with Crippen LogP contribution in [0.4, 0.5) is 0 Å². The number of carbonyl (C=O) groups is 2. The van der Waals surface area contributed by atoms with Crippen LogP contribution in [0, 0.1) is 6.92 Å². The van der Waals surface area contributed by atoms with E-state index in [-0.39, 0.29) is 5.91 Å². The average Bonchev–Trinajstić information content (AvgIpc) is 2.42. The Hall–Kier alpha value is -1.01. The zero-order valence-corrected chi connectivity index (χ0v) is 13.5. The lowest BCUT2D eigenvalue weighted by atomic mass is 9.91. The Morgan fingerprint density at radius 1 is 1.35 bits per heavy atom. The number of halogens is 1. The molecule has 0 unspecified atom stereocenters. The maximum absolute atomic E-state index is 12.4. The van der Waals surface area contributed by atoms with Gasteiger partial charge in [0, 0.05) is 10.0 Å². The molecule has 6 heteroatoms. The van der Waals surface area contributed by atoms with Gasteiger partial charge in [0.15, 0.2) is 0 Å². The van der Waals surface area contributed by atoms with Gasteiger partial charge < -0.3 is 10.4 Å². The number of hydrogen-bond acceptors (Lipinski definition) is 3. The van der Waals surface area contributed by atoms with Crippen molar-refractivity contribution in [3.05, 3.63) is 33.8 Å². The van der Waals surface area contributed by atoms with Crippen LogP contribution in [0.2, 0.25) is 0 Å². The molecule has 1 aliphatic heterocycles. The SMILES string of the molecule is Cc1ccc(Br)cc1C(=O)NC1(C(=O)O)CCSCC1. The first-order valence-corrected chi connectivity index (χ1v) is 8.29. The van der Waals surface area contributed by atoms with Crippen LogP contribution in [0.5, 0.6) is 0 Å². The number of aliphatic carboxylic acids is 1. The van der Waals surface area contributed by atoms with Crippen LogP contribution in [-0.2, 0) is 4.79 Å². The van der Waals surface area contributed by atoms with Gasteiger partial charge in [0.05, 0.1) is 0 Å². The Morgan fingerprint density at radius 3 is 2.60 bits per heavy atom. The lowest BCUT2D eigenvalue weighted by Crippen LogP contribution is -2.56. The molecule has 1 aromatic rings. The van der Waals surface area contributed by atoms with Crippen molar-refractivity contribution in [2.45, 2.75) is 25.3 Å². The van der Waals surface area contributed by atoms with E-state index >= 15 is 0 Å². The standard InChI is InChI=1S/C14H16BrNO3S/c1-9-2-3-10(15)8-11(9)12(17)16-14(13(18)19)4-6-20-7-5-14/h2-3,8H,4-7H2,1H3,(H,16,17)(H,18,19). The Bertz CT molecular complexity index is 541. The van der Waals surface area contributed by atoms with Crippen molar-refractivity contribution in [2.75, 3.05) is 11.5 Å². The number of rotatable bonds is 3. The molecule has 2 N–H and O–H groups in total. The second-order valence-electron chi connectivity index (χ2n) is 4.91. The van der Waals surface area contributed by atoms with Crippen molar-refractivity contribution in [3.63, 3.8) is 0 Å². The second-order valence-corrected chi connectivity index (χ2v) is 7.05. The molecule has 0 aromatic heterocycles. The minimum absolute atomic E-state index is 0.321. The first-order chi connectivity index (χ1) is 9.44. The highest BCUT2D eigenvalue weighted by atomic mass is 79.9. The Kier molecular flexibility index (Phi) is 4.75. The van der Waals surface area contributed by atoms with Crippen LogP contribution in [0.25, 0.3) is 0 Å². The zero-order chi connectivity index (χ0) is 14.8. The number of amides is 1. The maximum Gasteiger partial charge on any atom is 0.329 e. The minimum Gasteiger partial charge on any atom is -0.480 e. The van der Waals surface area contributed by atoms with Crippen LogP contribution in [-0.4, -0.2) is 34.0 Å². The van der Waals surface area contributed by atoms with E-state index in [0.29, 0.717) is 18.4 Å². The van der Waals surface area contributed by atoms with E-state index in [9.17, 15) is 14.7 Å². The molecule has 1 fully saturated rings. The maximum atomic E-state index is 12.4. The number of nitrogens with one attached hydrogen (secondary N) is 1. The third-order valence-corrected chi connectivity index (χ3v) is 5.03. The summed E-state index contributed by atoms with van der Waals surface area (Å²) >= 11 is 5.05. The molecule has 108 valence electrons. The Balaban J connectivity index is 2.24. The fourth-order valence-electron chi connectivity index (χ4n) is 2.24. The number of thioether (sulfide) groups is 1. The number of carboxylic acids is 1. The van der Waals surface area contributed by atoms with Gasteiger partial charge in [-0.05, 0) is 49.0 Å². The molecule has 4 nitrogen and oxygen atoms in total. The van der Waals surface area contributed by atoms with Crippen LogP contribution in [0.3, 0.4) is 0 Å². The zero-order valence-electron chi connectivity index (χ0n) is 11.1. The minimum atomic E-state index is -1.13. The Morgan fingerprint density at radius 2 is 2.00 bits per heavy atom. The third-order valence-electron chi connectivity index (χ3n) is 3.55. The second kappa shape index (κ2) is 6.18. The summed E-state index contributed by atoms with van der Waals surface area (Å²) in [6.07, 6.45) is 0.928. The van der Waals surface area contributed by atoms with Gasteiger partial charge in [0.1, 0.15) is 5.54 Å². The van der Waals surface area contributed by atoms with E-state index in [1.807, 2.05) is 19.1 Å². The van der Waals surface area contributed by atoms with Crippen LogP contribution >= 0.6 is 27.7 Å². The van der Waals surface area contributed by atoms with Gasteiger partial charge in [-0.25, -0.2) is 4.79 Å². The summed E-state index contributed by atoms with van der Waals surface area (Å²) in [6.45, 7) is 1.84. The molecular weight excluding hydrogens is 342 g/mol. The summed E-state index contributed by atoms with van der Waals surface area (Å²) in [6, 6.07) is 5.41. The fourth-order valence-corrected chi connectivity index (χ4v) is 3.79. The molecule has 0 radical (unpaired) electrons. The summed E-state index contributed by atoms with van der Waals surface area (Å²) in [4.78, 5) is 24.0. The molecule has 1 saturated heterocycles. The molecule has 0 aliphatic carbocycles. The van der Waals surface area contributed by atoms with Crippen LogP contribution in [0.15, 0.2) is 22.7 Å². The Labute approximate surface area is 130 Å². The molecular formula is C14H16BrNO3S. The van der Waals surface area contributed by atoms with Crippen LogP contribution < -0.4 is 5.32 Å². The number of hydrogen-bond donors (Lipinski definition) is 2. The highest BCUT2D eigenvalue weighted by Gasteiger charge is 2.41. The van der Waals surface area contributed by atoms with Gasteiger partial charge in [-0.1, -0.05) is 22.0 Å². The van der Waals surface area contributed by atoms with Crippen molar-refractivity contribution >= 4 is 39.6 Å². The summed E-state index contributed by atoms with van der Waals surface area (Å²) in [5.41, 5.74) is 0.214. The molecule has 0 atom stereocenters. The fraction of sp³-hybridized carbons (Fsp3) is 0.429. The molecule has 1 aliphatic rings. The molecule has 1 aromatic carbocycles. The van der Waals surface area contributed by atoms with Crippen LogP contribution in [0.1, 0.15) is 28.8 Å². The summed E-state index contributed by atoms with van der Waals surface area (Å²) in [5, 5.41) is 12.2. The van der Waals surface area contributed by atoms with Gasteiger partial charge in [-0.15, -0.1) is 0 Å². The lowest BCUT2D eigenvalue weighted by Gasteiger charge is -2.33. The molecule has 20 heavy (non-hydrogen) atoms. The molecule has 2 rings (SSSR count). The van der Waals surface area contributed by atoms with E-state index in [0.717, 1.165) is 21.5 Å². The van der Waals surface area contributed by atoms with Crippen molar-refractivity contribution in [3.8, 4) is 0 Å². The van der Waals surface area contributed by atoms with Crippen molar-refractivity contribution in [1.82, 2.24) is 5.32 Å². The molecule has 0 spiro atoms. The lowest BCUT2D eigenvalue weighted by molar-refractivity contribution is -0.144. The topological polar surface area (TPSA) is 66.4 Å². The summed E-state index contributed by atoms with van der Waals surface area (Å²) in [7, 11) is 0. The molecule has 1 heterocycles. The largest absolute Gasteiger partial charge is 0.480 e. The number of benzene rings is 1. The number of carbonyl (C=O) groups excluding carboxylic acids is 1. The first-order valence-electron chi connectivity index (χ1n) is 6.34. The van der Waals surface area contributed by atoms with Gasteiger partial charge in [0.2, 0.25) is 0 Å². The van der Waals surface area contributed by atoms with E-state index in [4.69, 9.17) is 0 Å². The first kappa shape index (κ1) is 15.4. The highest BCUT2D eigenvalue weighted by Crippen LogP contribution is 2.28. The normalized spacial score (nSPS) is 17.5. The predicted molar refractivity (Wildman–Crippen MR) is 83.3 cm³/mol. The molecule has 0 bridgehead atoms. The average molecular weight is 358 g/mol. The van der Waals surface area contributed by atoms with Crippen molar-refractivity contribution in [2.24, 2.45) is 0 Å². The van der Waals surface area contributed by atoms with E-state index < -0.39 is 11.5 Å². The van der Waals surface area contributed by atoms with E-state index in [1.165, 1.54) is 0 Å². The van der Waals surface area contributed by atoms with Gasteiger partial charge in [-0.2, -0.15) is 11.8 Å². The van der Waals surface area contributed by atoms with Crippen molar-refractivity contribution in [1.29, 1.82) is 0 Å². The third kappa shape index (κ3) is 3.17. The smallest absolute Gasteiger partial charge is 0.329 e. The molecule has 0 saturated carbocycles. The molecule has 1 amide bonds. The predicted octanol–water partition coefficient (Wildman–Crippen LogP) is 2.84.